The fourth-order valence-corrected chi connectivity index (χ4v) is 3.48. The van der Waals surface area contributed by atoms with Gasteiger partial charge in [-0.1, -0.05) is 44.2 Å². The average molecular weight is 273 g/mol. The standard InChI is InChI=1S/C17H23NS/c1-3-15-10-11-16(19-15)13-17(18,4-2)12-14-8-6-5-7-9-14/h5-11H,3-4,12-13,18H2,1-2H3. The molecule has 1 aromatic carbocycles. The van der Waals surface area contributed by atoms with Crippen molar-refractivity contribution < 1.29 is 0 Å². The molecule has 2 N–H and O–H groups in total. The highest BCUT2D eigenvalue weighted by molar-refractivity contribution is 7.12. The van der Waals surface area contributed by atoms with Crippen molar-refractivity contribution in [1.29, 1.82) is 0 Å². The van der Waals surface area contributed by atoms with Crippen LogP contribution in [0.5, 0.6) is 0 Å². The van der Waals surface area contributed by atoms with E-state index in [1.165, 1.54) is 15.3 Å². The number of aryl methyl sites for hydroxylation is 1. The normalized spacial score (nSPS) is 14.3. The van der Waals surface area contributed by atoms with E-state index in [0.29, 0.717) is 0 Å². The van der Waals surface area contributed by atoms with E-state index in [1.54, 1.807) is 0 Å². The molecule has 102 valence electrons. The summed E-state index contributed by atoms with van der Waals surface area (Å²) in [6, 6.07) is 15.1. The molecular formula is C17H23NS. The molecule has 0 bridgehead atoms. The average Bonchev–Trinajstić information content (AvgIpc) is 2.87. The largest absolute Gasteiger partial charge is 0.324 e. The molecule has 2 rings (SSSR count). The Morgan fingerprint density at radius 1 is 0.947 bits per heavy atom. The van der Waals surface area contributed by atoms with Crippen LogP contribution in [0.3, 0.4) is 0 Å². The van der Waals surface area contributed by atoms with Crippen LogP contribution in [0.1, 0.15) is 35.6 Å². The molecule has 0 saturated carbocycles. The molecular weight excluding hydrogens is 250 g/mol. The molecule has 1 unspecified atom stereocenters. The molecule has 0 fully saturated rings. The van der Waals surface area contributed by atoms with Crippen LogP contribution in [0, 0.1) is 0 Å². The molecule has 0 aliphatic rings. The van der Waals surface area contributed by atoms with Crippen LogP contribution >= 0.6 is 11.3 Å². The first kappa shape index (κ1) is 14.3. The van der Waals surface area contributed by atoms with E-state index in [0.717, 1.165) is 25.7 Å². The summed E-state index contributed by atoms with van der Waals surface area (Å²) < 4.78 is 0. The zero-order chi connectivity index (χ0) is 13.7. The van der Waals surface area contributed by atoms with Gasteiger partial charge >= 0.3 is 0 Å². The SMILES string of the molecule is CCc1ccc(CC(N)(CC)Cc2ccccc2)s1. The number of nitrogens with two attached hydrogens (primary N) is 1. The quantitative estimate of drug-likeness (QED) is 0.838. The maximum absolute atomic E-state index is 6.62. The first-order chi connectivity index (χ1) is 9.15. The first-order valence-corrected chi connectivity index (χ1v) is 7.87. The van der Waals surface area contributed by atoms with Gasteiger partial charge in [0.2, 0.25) is 0 Å². The van der Waals surface area contributed by atoms with Crippen molar-refractivity contribution in [2.45, 2.75) is 45.1 Å². The number of hydrogen-bond acceptors (Lipinski definition) is 2. The van der Waals surface area contributed by atoms with Crippen molar-refractivity contribution >= 4 is 11.3 Å². The lowest BCUT2D eigenvalue weighted by Crippen LogP contribution is -2.43. The minimum atomic E-state index is -0.128. The summed E-state index contributed by atoms with van der Waals surface area (Å²) >= 11 is 1.91. The Bertz CT molecular complexity index is 503. The van der Waals surface area contributed by atoms with Crippen LogP contribution in [-0.4, -0.2) is 5.54 Å². The van der Waals surface area contributed by atoms with E-state index in [1.807, 2.05) is 11.3 Å². The van der Waals surface area contributed by atoms with E-state index in [-0.39, 0.29) is 5.54 Å². The molecule has 19 heavy (non-hydrogen) atoms. The second-order valence-corrected chi connectivity index (χ2v) is 6.53. The summed E-state index contributed by atoms with van der Waals surface area (Å²) in [5.41, 5.74) is 7.82. The minimum Gasteiger partial charge on any atom is -0.324 e. The second kappa shape index (κ2) is 6.36. The van der Waals surface area contributed by atoms with Crippen LogP contribution < -0.4 is 5.73 Å². The lowest BCUT2D eigenvalue weighted by molar-refractivity contribution is 0.407. The molecule has 0 aliphatic carbocycles. The number of thiophene rings is 1. The fourth-order valence-electron chi connectivity index (χ4n) is 2.37. The summed E-state index contributed by atoms with van der Waals surface area (Å²) in [5, 5.41) is 0. The van der Waals surface area contributed by atoms with Gasteiger partial charge in [-0.15, -0.1) is 11.3 Å². The topological polar surface area (TPSA) is 26.0 Å². The molecule has 1 nitrogen and oxygen atoms in total. The van der Waals surface area contributed by atoms with Crippen LogP contribution in [0.4, 0.5) is 0 Å². The maximum atomic E-state index is 6.62. The molecule has 1 aromatic heterocycles. The van der Waals surface area contributed by atoms with Crippen LogP contribution in [0.2, 0.25) is 0 Å². The fraction of sp³-hybridized carbons (Fsp3) is 0.412. The number of benzene rings is 1. The summed E-state index contributed by atoms with van der Waals surface area (Å²) in [6.45, 7) is 4.40. The molecule has 2 heteroatoms. The van der Waals surface area contributed by atoms with E-state index < -0.39 is 0 Å². The van der Waals surface area contributed by atoms with Gasteiger partial charge in [-0.25, -0.2) is 0 Å². The van der Waals surface area contributed by atoms with Gasteiger partial charge < -0.3 is 5.73 Å². The number of hydrogen-bond donors (Lipinski definition) is 1. The van der Waals surface area contributed by atoms with Gasteiger partial charge in [-0.3, -0.25) is 0 Å². The van der Waals surface area contributed by atoms with Gasteiger partial charge in [0.05, 0.1) is 0 Å². The predicted octanol–water partition coefficient (Wildman–Crippen LogP) is 4.20. The van der Waals surface area contributed by atoms with Crippen molar-refractivity contribution in [2.75, 3.05) is 0 Å². The van der Waals surface area contributed by atoms with Crippen molar-refractivity contribution in [2.24, 2.45) is 5.73 Å². The lowest BCUT2D eigenvalue weighted by atomic mass is 9.85. The Hall–Kier alpha value is -1.12. The zero-order valence-corrected chi connectivity index (χ0v) is 12.7. The summed E-state index contributed by atoms with van der Waals surface area (Å²) in [7, 11) is 0. The summed E-state index contributed by atoms with van der Waals surface area (Å²) in [6.07, 6.45) is 4.04. The van der Waals surface area contributed by atoms with Gasteiger partial charge in [-0.05, 0) is 37.0 Å². The highest BCUT2D eigenvalue weighted by Gasteiger charge is 2.24. The highest BCUT2D eigenvalue weighted by atomic mass is 32.1. The zero-order valence-electron chi connectivity index (χ0n) is 11.9. The third-order valence-corrected chi connectivity index (χ3v) is 4.92. The Morgan fingerprint density at radius 3 is 2.21 bits per heavy atom. The molecule has 0 saturated heterocycles. The van der Waals surface area contributed by atoms with Crippen molar-refractivity contribution in [3.8, 4) is 0 Å². The van der Waals surface area contributed by atoms with Crippen LogP contribution in [0.15, 0.2) is 42.5 Å². The maximum Gasteiger partial charge on any atom is 0.0241 e. The molecule has 0 amide bonds. The van der Waals surface area contributed by atoms with E-state index in [9.17, 15) is 0 Å². The molecule has 2 aromatic rings. The second-order valence-electron chi connectivity index (χ2n) is 5.28. The van der Waals surface area contributed by atoms with Crippen LogP contribution in [-0.2, 0) is 19.3 Å². The van der Waals surface area contributed by atoms with Gasteiger partial charge in [0.25, 0.3) is 0 Å². The smallest absolute Gasteiger partial charge is 0.0241 e. The molecule has 0 radical (unpaired) electrons. The highest BCUT2D eigenvalue weighted by Crippen LogP contribution is 2.25. The molecule has 1 heterocycles. The Balaban J connectivity index is 2.09. The van der Waals surface area contributed by atoms with Gasteiger partial charge in [0.15, 0.2) is 0 Å². The molecule has 1 atom stereocenters. The third kappa shape index (κ3) is 3.92. The van der Waals surface area contributed by atoms with Crippen LogP contribution in [0.25, 0.3) is 0 Å². The molecule has 0 aliphatic heterocycles. The first-order valence-electron chi connectivity index (χ1n) is 7.05. The van der Waals surface area contributed by atoms with E-state index in [4.69, 9.17) is 5.73 Å². The predicted molar refractivity (Wildman–Crippen MR) is 84.8 cm³/mol. The van der Waals surface area contributed by atoms with Crippen molar-refractivity contribution in [3.05, 3.63) is 57.8 Å². The van der Waals surface area contributed by atoms with E-state index in [2.05, 4.69) is 56.3 Å². The Labute approximate surface area is 120 Å². The summed E-state index contributed by atoms with van der Waals surface area (Å²) in [4.78, 5) is 2.87. The van der Waals surface area contributed by atoms with E-state index >= 15 is 0 Å². The lowest BCUT2D eigenvalue weighted by Gasteiger charge is -2.28. The number of rotatable bonds is 6. The van der Waals surface area contributed by atoms with Gasteiger partial charge in [0.1, 0.15) is 0 Å². The van der Waals surface area contributed by atoms with Gasteiger partial charge in [-0.2, -0.15) is 0 Å². The van der Waals surface area contributed by atoms with Crippen molar-refractivity contribution in [3.63, 3.8) is 0 Å². The monoisotopic (exact) mass is 273 g/mol. The Morgan fingerprint density at radius 2 is 1.63 bits per heavy atom. The van der Waals surface area contributed by atoms with Gasteiger partial charge in [0, 0.05) is 21.7 Å². The third-order valence-electron chi connectivity index (χ3n) is 3.70. The Kier molecular flexibility index (Phi) is 4.78. The molecule has 0 spiro atoms. The minimum absolute atomic E-state index is 0.128. The summed E-state index contributed by atoms with van der Waals surface area (Å²) in [5.74, 6) is 0. The van der Waals surface area contributed by atoms with Crippen molar-refractivity contribution in [1.82, 2.24) is 0 Å².